The zero-order valence-electron chi connectivity index (χ0n) is 47.7. The van der Waals surface area contributed by atoms with Crippen LogP contribution in [-0.2, 0) is 76.3 Å². The molecule has 26 nitrogen and oxygen atoms in total. The number of carbonyl (C=O) groups excluding carboxylic acids is 2. The lowest BCUT2D eigenvalue weighted by Crippen LogP contribution is -2.66. The number of cyclic esters (lactones) is 1. The fourth-order valence-corrected chi connectivity index (χ4v) is 16.9. The SMILES string of the molecule is C=C(C)CCCC1(C)OC(=O)C23CCC4C(=CCC5C(C)(C)C(OC6OCC(OS(=O)(=O)O)C(O)C6OC6OC(CO)C(OC7OCC(O)C(OC8OC(CO)C(O)C(OC)C8O)C7O)C(O)C6O)CCC45C)C2(C)CC(OC(C)=O)C13. The number of aliphatic hydroxyl groups is 9. The number of hydrogen-bond donors (Lipinski definition) is 10. The van der Waals surface area contributed by atoms with E-state index in [9.17, 15) is 68.5 Å². The van der Waals surface area contributed by atoms with Crippen molar-refractivity contribution in [1.82, 2.24) is 0 Å². The lowest BCUT2D eigenvalue weighted by atomic mass is 9.41. The number of rotatable bonds is 18. The molecule has 5 heterocycles. The van der Waals surface area contributed by atoms with Crippen molar-refractivity contribution >= 4 is 22.3 Å². The Bertz CT molecular complexity index is 2460. The van der Waals surface area contributed by atoms with Crippen LogP contribution >= 0.6 is 0 Å². The van der Waals surface area contributed by atoms with Crippen molar-refractivity contribution in [3.63, 3.8) is 0 Å². The quantitative estimate of drug-likeness (QED) is 0.0474. The van der Waals surface area contributed by atoms with Crippen LogP contribution in [0.1, 0.15) is 106 Å². The van der Waals surface area contributed by atoms with E-state index in [0.29, 0.717) is 44.9 Å². The summed E-state index contributed by atoms with van der Waals surface area (Å²) in [5.41, 5.74) is -1.28. The topological polar surface area (TPSA) is 381 Å². The molecule has 9 rings (SSSR count). The first-order valence-electron chi connectivity index (χ1n) is 28.5. The minimum Gasteiger partial charge on any atom is -0.462 e. The summed E-state index contributed by atoms with van der Waals surface area (Å²) in [6, 6.07) is 0. The van der Waals surface area contributed by atoms with E-state index in [4.69, 9.17) is 56.3 Å². The predicted molar refractivity (Wildman–Crippen MR) is 277 cm³/mol. The molecule has 0 amide bonds. The Hall–Kier alpha value is -2.43. The van der Waals surface area contributed by atoms with Gasteiger partial charge in [-0.2, -0.15) is 8.42 Å². The van der Waals surface area contributed by atoms with Gasteiger partial charge in [0, 0.05) is 19.4 Å². The second kappa shape index (κ2) is 23.9. The van der Waals surface area contributed by atoms with Gasteiger partial charge in [-0.1, -0.05) is 44.9 Å². The van der Waals surface area contributed by atoms with E-state index in [0.717, 1.165) is 18.4 Å². The van der Waals surface area contributed by atoms with Crippen molar-refractivity contribution in [2.45, 2.75) is 235 Å². The zero-order chi connectivity index (χ0) is 60.0. The molecule has 0 aromatic carbocycles. The number of aliphatic hydroxyl groups excluding tert-OH is 9. The average Bonchev–Trinajstić information content (AvgIpc) is 1.51. The molecule has 4 aliphatic carbocycles. The highest BCUT2D eigenvalue weighted by molar-refractivity contribution is 7.80. The number of esters is 2. The van der Waals surface area contributed by atoms with E-state index in [1.54, 1.807) is 0 Å². The largest absolute Gasteiger partial charge is 0.462 e. The van der Waals surface area contributed by atoms with Crippen LogP contribution in [0.25, 0.3) is 0 Å². The third-order valence-corrected chi connectivity index (χ3v) is 20.8. The van der Waals surface area contributed by atoms with Gasteiger partial charge in [0.2, 0.25) is 0 Å². The number of hydrogen-bond acceptors (Lipinski definition) is 25. The van der Waals surface area contributed by atoms with E-state index in [1.165, 1.54) is 19.6 Å². The van der Waals surface area contributed by atoms with Gasteiger partial charge in [0.15, 0.2) is 25.2 Å². The Morgan fingerprint density at radius 1 is 0.744 bits per heavy atom. The second-order valence-electron chi connectivity index (χ2n) is 25.6. The summed E-state index contributed by atoms with van der Waals surface area (Å²) in [5.74, 6) is -1.05. The van der Waals surface area contributed by atoms with Crippen LogP contribution in [0.5, 0.6) is 0 Å². The van der Waals surface area contributed by atoms with Crippen molar-refractivity contribution in [2.24, 2.45) is 39.4 Å². The Balaban J connectivity index is 0.916. The molecule has 0 aromatic rings. The molecule has 10 N–H and O–H groups in total. The lowest BCUT2D eigenvalue weighted by molar-refractivity contribution is -0.385. The van der Waals surface area contributed by atoms with Gasteiger partial charge in [-0.05, 0) is 94.3 Å². The fraction of sp³-hybridized carbons (Fsp3) is 0.891. The summed E-state index contributed by atoms with van der Waals surface area (Å²) in [4.78, 5) is 27.4. The maximum absolute atomic E-state index is 14.7. The molecule has 3 saturated carbocycles. The van der Waals surface area contributed by atoms with E-state index >= 15 is 0 Å². The van der Waals surface area contributed by atoms with E-state index in [2.05, 4.69) is 40.3 Å². The first-order valence-corrected chi connectivity index (χ1v) is 29.9. The van der Waals surface area contributed by atoms with Crippen LogP contribution in [0, 0.1) is 39.4 Å². The van der Waals surface area contributed by atoms with Gasteiger partial charge in [-0.3, -0.25) is 14.1 Å². The number of carbonyl (C=O) groups is 2. The summed E-state index contributed by atoms with van der Waals surface area (Å²) < 4.78 is 104. The van der Waals surface area contributed by atoms with E-state index in [-0.39, 0.29) is 29.1 Å². The average molecular weight is 1200 g/mol. The Labute approximate surface area is 477 Å². The van der Waals surface area contributed by atoms with Crippen LogP contribution in [0.15, 0.2) is 23.8 Å². The van der Waals surface area contributed by atoms with Crippen LogP contribution < -0.4 is 0 Å². The fourth-order valence-electron chi connectivity index (χ4n) is 16.4. The smallest absolute Gasteiger partial charge is 0.397 e. The molecule has 82 heavy (non-hydrogen) atoms. The summed E-state index contributed by atoms with van der Waals surface area (Å²) in [6.45, 7) is 15.1. The maximum atomic E-state index is 14.7. The zero-order valence-corrected chi connectivity index (χ0v) is 48.5. The normalized spacial score (nSPS) is 49.1. The number of methoxy groups -OCH3 is 1. The van der Waals surface area contributed by atoms with E-state index in [1.807, 2.05) is 13.8 Å². The molecule has 0 bridgehead atoms. The molecule has 27 unspecified atom stereocenters. The van der Waals surface area contributed by atoms with Gasteiger partial charge in [0.1, 0.15) is 97.2 Å². The minimum atomic E-state index is -5.20. The maximum Gasteiger partial charge on any atom is 0.397 e. The summed E-state index contributed by atoms with van der Waals surface area (Å²) in [5, 5.41) is 99.1. The predicted octanol–water partition coefficient (Wildman–Crippen LogP) is -0.408. The first-order chi connectivity index (χ1) is 38.4. The van der Waals surface area contributed by atoms with Gasteiger partial charge in [-0.15, -0.1) is 6.58 Å². The standard InChI is InChI=1S/C55H86O26S/c1-24(2)11-10-16-54(8)45-29(73-25(3)58)19-53(7)27-12-13-33-51(4,5)34(15-17-52(33,6)26(27)14-18-55(45,53)50(66)80-54)76-49-44(36(61)32(23-72-49)81-82(67,68)69)79-47-38(63)37(62)42(31(21-57)75-47)78-46-39(64)41(28(59)22-71-46)77-48-40(65)43(70-9)35(60)30(20-56)74-48/h12,26,28-49,56-57,59-65H,1,10-11,13-23H2,2-9H3,(H,67,68,69). The van der Waals surface area contributed by atoms with Gasteiger partial charge in [0.25, 0.3) is 0 Å². The van der Waals surface area contributed by atoms with Crippen molar-refractivity contribution in [3.8, 4) is 0 Å². The molecule has 8 fully saturated rings. The van der Waals surface area contributed by atoms with E-state index < -0.39 is 187 Å². The summed E-state index contributed by atoms with van der Waals surface area (Å²) in [7, 11) is -4.01. The van der Waals surface area contributed by atoms with Crippen molar-refractivity contribution in [3.05, 3.63) is 23.8 Å². The third-order valence-electron chi connectivity index (χ3n) is 20.3. The van der Waals surface area contributed by atoms with Crippen molar-refractivity contribution in [1.29, 1.82) is 0 Å². The van der Waals surface area contributed by atoms with Crippen LogP contribution in [0.2, 0.25) is 0 Å². The third kappa shape index (κ3) is 11.2. The number of fused-ring (bicyclic) bond motifs is 4. The Morgan fingerprint density at radius 3 is 2.02 bits per heavy atom. The molecular weight excluding hydrogens is 1110 g/mol. The van der Waals surface area contributed by atoms with Crippen LogP contribution in [0.4, 0.5) is 0 Å². The molecule has 5 saturated heterocycles. The van der Waals surface area contributed by atoms with Gasteiger partial charge in [-0.25, -0.2) is 4.18 Å². The van der Waals surface area contributed by atoms with Crippen LogP contribution in [-0.4, -0.2) is 233 Å². The van der Waals surface area contributed by atoms with Gasteiger partial charge in [0.05, 0.1) is 43.9 Å². The highest BCUT2D eigenvalue weighted by Gasteiger charge is 2.79. The highest BCUT2D eigenvalue weighted by atomic mass is 32.3. The van der Waals surface area contributed by atoms with Gasteiger partial charge < -0.3 is 98.1 Å². The highest BCUT2D eigenvalue weighted by Crippen LogP contribution is 2.77. The number of allylic oxidation sites excluding steroid dienone is 3. The molecule has 27 heteroatoms. The molecule has 468 valence electrons. The second-order valence-corrected chi connectivity index (χ2v) is 26.7. The molecular formula is C55H86O26S. The van der Waals surface area contributed by atoms with Crippen molar-refractivity contribution in [2.75, 3.05) is 33.5 Å². The monoisotopic (exact) mass is 1190 g/mol. The Kier molecular flexibility index (Phi) is 18.7. The van der Waals surface area contributed by atoms with Crippen molar-refractivity contribution < 1.29 is 125 Å². The molecule has 0 radical (unpaired) electrons. The van der Waals surface area contributed by atoms with Crippen LogP contribution in [0.3, 0.4) is 0 Å². The molecule has 27 atom stereocenters. The molecule has 1 spiro atoms. The first kappa shape index (κ1) is 64.1. The lowest BCUT2D eigenvalue weighted by Gasteiger charge is -2.64. The minimum absolute atomic E-state index is 0.0211. The van der Waals surface area contributed by atoms with Gasteiger partial charge >= 0.3 is 22.3 Å². The molecule has 0 aromatic heterocycles. The number of ether oxygens (including phenoxy) is 11. The molecule has 9 aliphatic rings. The summed E-state index contributed by atoms with van der Waals surface area (Å²) >= 11 is 0. The summed E-state index contributed by atoms with van der Waals surface area (Å²) in [6.07, 6.45) is -24.2. The Morgan fingerprint density at radius 2 is 1.38 bits per heavy atom. The molecule has 5 aliphatic heterocycles.